The number of hydrogen-bond donors (Lipinski definition) is 2. The van der Waals surface area contributed by atoms with Gasteiger partial charge in [-0.2, -0.15) is 0 Å². The highest BCUT2D eigenvalue weighted by atomic mass is 16.6. The van der Waals surface area contributed by atoms with Gasteiger partial charge in [0.1, 0.15) is 11.4 Å². The summed E-state index contributed by atoms with van der Waals surface area (Å²) in [5, 5.41) is 6.39. The normalized spacial score (nSPS) is 29.8. The van der Waals surface area contributed by atoms with Gasteiger partial charge >= 0.3 is 6.09 Å². The number of carbonyl (C=O) groups is 2. The van der Waals surface area contributed by atoms with Crippen LogP contribution in [0.2, 0.25) is 0 Å². The Bertz CT molecular complexity index is 383. The van der Waals surface area contributed by atoms with E-state index in [2.05, 4.69) is 10.6 Å². The molecule has 2 unspecified atom stereocenters. The lowest BCUT2D eigenvalue weighted by molar-refractivity contribution is -0.121. The van der Waals surface area contributed by atoms with Crippen LogP contribution in [0.5, 0.6) is 0 Å². The standard InChI is InChI=1S/C14H24N2O3/c1-9-7-10(17)8-11(15-9)14(5-6-14)16-12(18)19-13(2,3)4/h9,11,15H,5-8H2,1-4H3,(H,16,18). The zero-order valence-electron chi connectivity index (χ0n) is 12.2. The molecule has 5 heteroatoms. The first-order chi connectivity index (χ1) is 8.70. The van der Waals surface area contributed by atoms with Crippen molar-refractivity contribution in [3.63, 3.8) is 0 Å². The number of ketones is 1. The third kappa shape index (κ3) is 3.69. The Labute approximate surface area is 114 Å². The van der Waals surface area contributed by atoms with Gasteiger partial charge in [0.2, 0.25) is 0 Å². The van der Waals surface area contributed by atoms with Crippen molar-refractivity contribution in [3.05, 3.63) is 0 Å². The van der Waals surface area contributed by atoms with Crippen molar-refractivity contribution < 1.29 is 14.3 Å². The average molecular weight is 268 g/mol. The molecule has 1 heterocycles. The van der Waals surface area contributed by atoms with Gasteiger partial charge in [-0.25, -0.2) is 4.79 Å². The van der Waals surface area contributed by atoms with Crippen LogP contribution in [0.15, 0.2) is 0 Å². The second-order valence-electron chi connectivity index (χ2n) is 6.85. The molecule has 2 rings (SSSR count). The minimum Gasteiger partial charge on any atom is -0.444 e. The zero-order valence-corrected chi connectivity index (χ0v) is 12.2. The molecule has 2 atom stereocenters. The number of amides is 1. The van der Waals surface area contributed by atoms with Crippen molar-refractivity contribution in [2.75, 3.05) is 0 Å². The Hall–Kier alpha value is -1.10. The topological polar surface area (TPSA) is 67.4 Å². The smallest absolute Gasteiger partial charge is 0.408 e. The van der Waals surface area contributed by atoms with Crippen LogP contribution in [0.3, 0.4) is 0 Å². The first-order valence-corrected chi connectivity index (χ1v) is 6.99. The van der Waals surface area contributed by atoms with Gasteiger partial charge in [0.15, 0.2) is 0 Å². The van der Waals surface area contributed by atoms with Crippen molar-refractivity contribution in [2.45, 2.75) is 76.6 Å². The number of nitrogens with one attached hydrogen (secondary N) is 2. The fraction of sp³-hybridized carbons (Fsp3) is 0.857. The van der Waals surface area contributed by atoms with Crippen LogP contribution in [-0.2, 0) is 9.53 Å². The van der Waals surface area contributed by atoms with Crippen LogP contribution in [0.25, 0.3) is 0 Å². The molecule has 2 N–H and O–H groups in total. The first kappa shape index (κ1) is 14.3. The fourth-order valence-electron chi connectivity index (χ4n) is 2.67. The summed E-state index contributed by atoms with van der Waals surface area (Å²) in [7, 11) is 0. The predicted molar refractivity (Wildman–Crippen MR) is 72.0 cm³/mol. The Morgan fingerprint density at radius 2 is 2.00 bits per heavy atom. The van der Waals surface area contributed by atoms with Crippen molar-refractivity contribution in [1.82, 2.24) is 10.6 Å². The summed E-state index contributed by atoms with van der Waals surface area (Å²) in [5.74, 6) is 0.272. The molecule has 19 heavy (non-hydrogen) atoms. The third-order valence-corrected chi connectivity index (χ3v) is 3.66. The molecule has 1 aliphatic carbocycles. The minimum absolute atomic E-state index is 0.0382. The van der Waals surface area contributed by atoms with E-state index in [9.17, 15) is 9.59 Å². The van der Waals surface area contributed by atoms with Gasteiger partial charge in [0.25, 0.3) is 0 Å². The van der Waals surface area contributed by atoms with Gasteiger partial charge in [0, 0.05) is 24.9 Å². The van der Waals surface area contributed by atoms with Gasteiger partial charge in [0.05, 0.1) is 5.54 Å². The van der Waals surface area contributed by atoms with Gasteiger partial charge in [-0.15, -0.1) is 0 Å². The van der Waals surface area contributed by atoms with Crippen molar-refractivity contribution in [1.29, 1.82) is 0 Å². The maximum atomic E-state index is 11.9. The average Bonchev–Trinajstić information content (AvgIpc) is 2.93. The van der Waals surface area contributed by atoms with Crippen LogP contribution in [0.4, 0.5) is 4.79 Å². The van der Waals surface area contributed by atoms with Crippen LogP contribution in [-0.4, -0.2) is 35.1 Å². The van der Waals surface area contributed by atoms with Gasteiger partial charge < -0.3 is 15.4 Å². The van der Waals surface area contributed by atoms with Crippen LogP contribution < -0.4 is 10.6 Å². The molecule has 108 valence electrons. The molecule has 2 aliphatic rings. The Morgan fingerprint density at radius 1 is 1.37 bits per heavy atom. The molecule has 1 saturated carbocycles. The van der Waals surface area contributed by atoms with Gasteiger partial charge in [-0.05, 0) is 40.5 Å². The second-order valence-corrected chi connectivity index (χ2v) is 6.85. The highest BCUT2D eigenvalue weighted by Crippen LogP contribution is 2.41. The molecule has 0 radical (unpaired) electrons. The number of piperidine rings is 1. The van der Waals surface area contributed by atoms with E-state index in [0.29, 0.717) is 12.8 Å². The van der Waals surface area contributed by atoms with E-state index in [4.69, 9.17) is 4.74 Å². The highest BCUT2D eigenvalue weighted by molar-refractivity contribution is 5.81. The summed E-state index contributed by atoms with van der Waals surface area (Å²) in [6.45, 7) is 7.54. The van der Waals surface area contributed by atoms with E-state index in [0.717, 1.165) is 12.8 Å². The van der Waals surface area contributed by atoms with Gasteiger partial charge in [-0.1, -0.05) is 0 Å². The molecule has 1 amide bonds. The summed E-state index contributed by atoms with van der Waals surface area (Å²) in [6.07, 6.45) is 2.50. The largest absolute Gasteiger partial charge is 0.444 e. The van der Waals surface area contributed by atoms with E-state index in [1.165, 1.54) is 0 Å². The van der Waals surface area contributed by atoms with Crippen molar-refractivity contribution >= 4 is 11.9 Å². The molecule has 0 aromatic carbocycles. The second kappa shape index (κ2) is 4.78. The van der Waals surface area contributed by atoms with Crippen molar-refractivity contribution in [2.24, 2.45) is 0 Å². The summed E-state index contributed by atoms with van der Waals surface area (Å²) in [6, 6.07) is 0.223. The number of alkyl carbamates (subject to hydrolysis) is 1. The first-order valence-electron chi connectivity index (χ1n) is 6.99. The SMILES string of the molecule is CC1CC(=O)CC(C2(NC(=O)OC(C)(C)C)CC2)N1. The molecule has 1 saturated heterocycles. The number of ether oxygens (including phenoxy) is 1. The van der Waals surface area contributed by atoms with E-state index < -0.39 is 11.7 Å². The Kier molecular flexibility index (Phi) is 3.60. The summed E-state index contributed by atoms with van der Waals surface area (Å²) in [4.78, 5) is 23.6. The van der Waals surface area contributed by atoms with Gasteiger partial charge in [-0.3, -0.25) is 4.79 Å². The monoisotopic (exact) mass is 268 g/mol. The lowest BCUT2D eigenvalue weighted by Gasteiger charge is -2.35. The zero-order chi connectivity index (χ0) is 14.3. The fourth-order valence-corrected chi connectivity index (χ4v) is 2.67. The summed E-state index contributed by atoms with van der Waals surface area (Å²) in [5.41, 5.74) is -0.782. The molecule has 1 aliphatic heterocycles. The van der Waals surface area contributed by atoms with Crippen LogP contribution in [0.1, 0.15) is 53.4 Å². The maximum Gasteiger partial charge on any atom is 0.408 e. The number of Topliss-reactive ketones (excluding diaryl/α,β-unsaturated/α-hetero) is 1. The minimum atomic E-state index is -0.497. The Balaban J connectivity index is 1.95. The van der Waals surface area contributed by atoms with E-state index in [-0.39, 0.29) is 23.4 Å². The van der Waals surface area contributed by atoms with E-state index in [1.807, 2.05) is 27.7 Å². The third-order valence-electron chi connectivity index (χ3n) is 3.66. The lowest BCUT2D eigenvalue weighted by atomic mass is 9.91. The molecule has 0 spiro atoms. The number of carbonyl (C=O) groups excluding carboxylic acids is 2. The quantitative estimate of drug-likeness (QED) is 0.800. The molecular weight excluding hydrogens is 244 g/mol. The summed E-state index contributed by atoms with van der Waals surface area (Å²) < 4.78 is 5.30. The molecular formula is C14H24N2O3. The molecule has 0 aromatic heterocycles. The number of hydrogen-bond acceptors (Lipinski definition) is 4. The van der Waals surface area contributed by atoms with Crippen LogP contribution in [0, 0.1) is 0 Å². The molecule has 0 bridgehead atoms. The molecule has 5 nitrogen and oxygen atoms in total. The lowest BCUT2D eigenvalue weighted by Crippen LogP contribution is -2.58. The number of rotatable bonds is 2. The van der Waals surface area contributed by atoms with E-state index in [1.54, 1.807) is 0 Å². The molecule has 2 fully saturated rings. The van der Waals surface area contributed by atoms with E-state index >= 15 is 0 Å². The van der Waals surface area contributed by atoms with Crippen molar-refractivity contribution in [3.8, 4) is 0 Å². The highest BCUT2D eigenvalue weighted by Gasteiger charge is 2.53. The molecule has 0 aromatic rings. The van der Waals surface area contributed by atoms with Crippen LogP contribution >= 0.6 is 0 Å². The summed E-state index contributed by atoms with van der Waals surface area (Å²) >= 11 is 0. The maximum absolute atomic E-state index is 11.9. The Morgan fingerprint density at radius 3 is 2.47 bits per heavy atom. The predicted octanol–water partition coefficient (Wildman–Crippen LogP) is 1.75.